The van der Waals surface area contributed by atoms with Crippen molar-refractivity contribution < 1.29 is 0 Å². The molecule has 2 heterocycles. The Labute approximate surface area is 76.4 Å². The molecule has 4 heteroatoms. The zero-order valence-corrected chi connectivity index (χ0v) is 7.51. The zero-order valence-electron chi connectivity index (χ0n) is 7.51. The van der Waals surface area contributed by atoms with Crippen LogP contribution in [-0.2, 0) is 0 Å². The van der Waals surface area contributed by atoms with Crippen LogP contribution >= 0.6 is 0 Å². The van der Waals surface area contributed by atoms with Crippen LogP contribution in [-0.4, -0.2) is 14.4 Å². The Morgan fingerprint density at radius 3 is 3.15 bits per heavy atom. The highest BCUT2D eigenvalue weighted by Crippen LogP contribution is 2.12. The van der Waals surface area contributed by atoms with Gasteiger partial charge in [0.05, 0.1) is 5.69 Å². The summed E-state index contributed by atoms with van der Waals surface area (Å²) in [6, 6.07) is 1.89. The predicted molar refractivity (Wildman–Crippen MR) is 50.2 cm³/mol. The van der Waals surface area contributed by atoms with E-state index in [0.29, 0.717) is 5.78 Å². The fourth-order valence-electron chi connectivity index (χ4n) is 1.24. The Morgan fingerprint density at radius 1 is 1.62 bits per heavy atom. The maximum atomic E-state index is 5.85. The Bertz CT molecular complexity index is 374. The summed E-state index contributed by atoms with van der Waals surface area (Å²) in [6.07, 6.45) is 6.46. The number of nitrogens with two attached hydrogens (primary N) is 1. The lowest BCUT2D eigenvalue weighted by molar-refractivity contribution is 0.680. The van der Waals surface area contributed by atoms with Crippen LogP contribution in [0, 0.1) is 0 Å². The van der Waals surface area contributed by atoms with Crippen molar-refractivity contribution in [3.63, 3.8) is 0 Å². The van der Waals surface area contributed by atoms with Crippen LogP contribution in [0.2, 0.25) is 0 Å². The van der Waals surface area contributed by atoms with Gasteiger partial charge >= 0.3 is 0 Å². The largest absolute Gasteiger partial charge is 0.323 e. The van der Waals surface area contributed by atoms with Crippen LogP contribution in [0.25, 0.3) is 5.78 Å². The van der Waals surface area contributed by atoms with Gasteiger partial charge in [-0.15, -0.1) is 0 Å². The van der Waals surface area contributed by atoms with Gasteiger partial charge < -0.3 is 5.73 Å². The van der Waals surface area contributed by atoms with E-state index < -0.39 is 0 Å². The van der Waals surface area contributed by atoms with Crippen LogP contribution in [0.5, 0.6) is 0 Å². The van der Waals surface area contributed by atoms with Crippen LogP contribution < -0.4 is 5.73 Å². The topological polar surface area (TPSA) is 56.2 Å². The molecule has 0 amide bonds. The quantitative estimate of drug-likeness (QED) is 0.746. The normalized spacial score (nSPS) is 13.4. The molecule has 1 atom stereocenters. The first-order valence-corrected chi connectivity index (χ1v) is 4.36. The summed E-state index contributed by atoms with van der Waals surface area (Å²) in [5.74, 6) is 0.710. The van der Waals surface area contributed by atoms with E-state index in [-0.39, 0.29) is 6.04 Å². The van der Waals surface area contributed by atoms with Gasteiger partial charge in [-0.1, -0.05) is 6.92 Å². The molecule has 0 saturated heterocycles. The van der Waals surface area contributed by atoms with Crippen molar-refractivity contribution in [3.05, 3.63) is 30.4 Å². The van der Waals surface area contributed by atoms with Crippen molar-refractivity contribution >= 4 is 5.78 Å². The van der Waals surface area contributed by atoms with Crippen molar-refractivity contribution in [3.8, 4) is 0 Å². The molecule has 0 fully saturated rings. The van der Waals surface area contributed by atoms with Crippen molar-refractivity contribution in [2.24, 2.45) is 5.73 Å². The van der Waals surface area contributed by atoms with Crippen molar-refractivity contribution in [1.29, 1.82) is 0 Å². The Morgan fingerprint density at radius 2 is 2.46 bits per heavy atom. The van der Waals surface area contributed by atoms with E-state index in [1.165, 1.54) is 0 Å². The summed E-state index contributed by atoms with van der Waals surface area (Å²) in [4.78, 5) is 8.43. The number of hydrogen-bond acceptors (Lipinski definition) is 3. The first-order chi connectivity index (χ1) is 6.31. The molecule has 2 rings (SSSR count). The van der Waals surface area contributed by atoms with E-state index in [1.807, 2.05) is 29.8 Å². The Hall–Kier alpha value is -1.42. The molecule has 4 nitrogen and oxygen atoms in total. The van der Waals surface area contributed by atoms with E-state index in [1.54, 1.807) is 6.20 Å². The molecule has 2 aromatic rings. The molecule has 0 radical (unpaired) electrons. The minimum Gasteiger partial charge on any atom is -0.323 e. The van der Waals surface area contributed by atoms with E-state index in [4.69, 9.17) is 5.73 Å². The van der Waals surface area contributed by atoms with Crippen LogP contribution in [0.3, 0.4) is 0 Å². The fraction of sp³-hybridized carbons (Fsp3) is 0.333. The molecular weight excluding hydrogens is 164 g/mol. The van der Waals surface area contributed by atoms with Gasteiger partial charge in [0.15, 0.2) is 0 Å². The van der Waals surface area contributed by atoms with Gasteiger partial charge in [-0.25, -0.2) is 9.97 Å². The Kier molecular flexibility index (Phi) is 1.98. The number of hydrogen-bond donors (Lipinski definition) is 1. The molecule has 0 bridgehead atoms. The maximum Gasteiger partial charge on any atom is 0.233 e. The van der Waals surface area contributed by atoms with Crippen LogP contribution in [0.15, 0.2) is 24.7 Å². The minimum absolute atomic E-state index is 0.0155. The highest BCUT2D eigenvalue weighted by molar-refractivity contribution is 5.30. The van der Waals surface area contributed by atoms with E-state index in [2.05, 4.69) is 9.97 Å². The number of imidazole rings is 1. The van der Waals surface area contributed by atoms with E-state index in [9.17, 15) is 0 Å². The van der Waals surface area contributed by atoms with Gasteiger partial charge in [-0.05, 0) is 12.5 Å². The van der Waals surface area contributed by atoms with Gasteiger partial charge in [0.25, 0.3) is 0 Å². The molecule has 0 saturated carbocycles. The van der Waals surface area contributed by atoms with Crippen molar-refractivity contribution in [2.45, 2.75) is 19.4 Å². The molecule has 0 spiro atoms. The molecule has 0 aliphatic heterocycles. The molecule has 0 aliphatic carbocycles. The van der Waals surface area contributed by atoms with Crippen molar-refractivity contribution in [2.75, 3.05) is 0 Å². The van der Waals surface area contributed by atoms with Gasteiger partial charge in [0.2, 0.25) is 5.78 Å². The smallest absolute Gasteiger partial charge is 0.233 e. The summed E-state index contributed by atoms with van der Waals surface area (Å²) < 4.78 is 1.88. The van der Waals surface area contributed by atoms with Crippen LogP contribution in [0.4, 0.5) is 0 Å². The summed E-state index contributed by atoms with van der Waals surface area (Å²) in [5.41, 5.74) is 6.76. The molecule has 2 N–H and O–H groups in total. The van der Waals surface area contributed by atoms with E-state index in [0.717, 1.165) is 12.1 Å². The highest BCUT2D eigenvalue weighted by Gasteiger charge is 2.07. The summed E-state index contributed by atoms with van der Waals surface area (Å²) in [5, 5.41) is 0. The first kappa shape index (κ1) is 8.19. The third kappa shape index (κ3) is 1.40. The maximum absolute atomic E-state index is 5.85. The highest BCUT2D eigenvalue weighted by atomic mass is 15.1. The molecule has 68 valence electrons. The number of nitrogens with zero attached hydrogens (tertiary/aromatic N) is 3. The molecule has 2 aromatic heterocycles. The number of fused-ring (bicyclic) bond motifs is 1. The van der Waals surface area contributed by atoms with Gasteiger partial charge in [-0.2, -0.15) is 0 Å². The van der Waals surface area contributed by atoms with Gasteiger partial charge in [0.1, 0.15) is 0 Å². The molecule has 13 heavy (non-hydrogen) atoms. The number of aromatic nitrogens is 3. The van der Waals surface area contributed by atoms with Gasteiger partial charge in [-0.3, -0.25) is 4.40 Å². The summed E-state index contributed by atoms with van der Waals surface area (Å²) in [7, 11) is 0. The third-order valence-corrected chi connectivity index (χ3v) is 2.07. The van der Waals surface area contributed by atoms with E-state index >= 15 is 0 Å². The predicted octanol–water partition coefficient (Wildman–Crippen LogP) is 1.14. The summed E-state index contributed by atoms with van der Waals surface area (Å²) in [6.45, 7) is 2.04. The molecular formula is C9H12N4. The second-order valence-electron chi connectivity index (χ2n) is 3.01. The molecule has 0 unspecified atom stereocenters. The minimum atomic E-state index is 0.0155. The lowest BCUT2D eigenvalue weighted by atomic mass is 10.2. The zero-order chi connectivity index (χ0) is 9.26. The summed E-state index contributed by atoms with van der Waals surface area (Å²) >= 11 is 0. The standard InChI is InChI=1S/C9H12N4/c1-2-7(10)8-6-13-5-3-4-11-9(13)12-8/h3-7H,2,10H2,1H3/t7-/m1/s1. The Balaban J connectivity index is 2.49. The monoisotopic (exact) mass is 176 g/mol. The molecule has 0 aromatic carbocycles. The van der Waals surface area contributed by atoms with Crippen molar-refractivity contribution in [1.82, 2.24) is 14.4 Å². The average Bonchev–Trinajstić information content (AvgIpc) is 2.59. The second kappa shape index (κ2) is 3.14. The number of rotatable bonds is 2. The lowest BCUT2D eigenvalue weighted by Gasteiger charge is -2.01. The molecule has 0 aliphatic rings. The van der Waals surface area contributed by atoms with Gasteiger partial charge in [0, 0.05) is 24.6 Å². The fourth-order valence-corrected chi connectivity index (χ4v) is 1.24. The lowest BCUT2D eigenvalue weighted by Crippen LogP contribution is -2.08. The average molecular weight is 176 g/mol. The SMILES string of the molecule is CC[C@@H](N)c1cn2cccnc2n1. The second-order valence-corrected chi connectivity index (χ2v) is 3.01. The first-order valence-electron chi connectivity index (χ1n) is 4.36. The third-order valence-electron chi connectivity index (χ3n) is 2.07. The van der Waals surface area contributed by atoms with Crippen LogP contribution in [0.1, 0.15) is 25.1 Å².